The van der Waals surface area contributed by atoms with E-state index in [9.17, 15) is 0 Å². The maximum atomic E-state index is 6.25. The summed E-state index contributed by atoms with van der Waals surface area (Å²) >= 11 is 0. The molecule has 0 aliphatic carbocycles. The van der Waals surface area contributed by atoms with Gasteiger partial charge < -0.3 is 14.1 Å². The van der Waals surface area contributed by atoms with E-state index in [-0.39, 0.29) is 5.60 Å². The van der Waals surface area contributed by atoms with Crippen LogP contribution in [0, 0.1) is 0 Å². The van der Waals surface area contributed by atoms with Crippen LogP contribution in [-0.4, -0.2) is 53.3 Å². The molecule has 6 nitrogen and oxygen atoms in total. The molecule has 122 valence electrons. The Morgan fingerprint density at radius 3 is 3.04 bits per heavy atom. The summed E-state index contributed by atoms with van der Waals surface area (Å²) < 4.78 is 11.4. The molecule has 0 N–H and O–H groups in total. The van der Waals surface area contributed by atoms with Crippen molar-refractivity contribution in [3.05, 3.63) is 42.7 Å². The summed E-state index contributed by atoms with van der Waals surface area (Å²) in [5.41, 5.74) is 1.13. The standard InChI is InChI=1S/C17H22N4O2/c1-3-17(14-21(6-1)16-10-18-4-5-19-16)13-20(7-9-23-17)11-15-2-8-22-12-15/h2,4-5,8,10,12H,1,3,6-7,9,11,13-14H2/t17-/m1/s1. The summed E-state index contributed by atoms with van der Waals surface area (Å²) in [5, 5.41) is 0. The summed E-state index contributed by atoms with van der Waals surface area (Å²) in [6, 6.07) is 2.04. The molecule has 4 heterocycles. The molecule has 6 heteroatoms. The summed E-state index contributed by atoms with van der Waals surface area (Å²) in [6.45, 7) is 5.53. The maximum Gasteiger partial charge on any atom is 0.147 e. The van der Waals surface area contributed by atoms with E-state index in [1.54, 1.807) is 18.7 Å². The average molecular weight is 314 g/mol. The highest BCUT2D eigenvalue weighted by Crippen LogP contribution is 2.31. The molecule has 2 aliphatic heterocycles. The van der Waals surface area contributed by atoms with E-state index in [0.717, 1.165) is 58.0 Å². The van der Waals surface area contributed by atoms with Crippen LogP contribution in [0.1, 0.15) is 18.4 Å². The van der Waals surface area contributed by atoms with E-state index in [0.29, 0.717) is 0 Å². The molecule has 2 aromatic heterocycles. The fourth-order valence-corrected chi connectivity index (χ4v) is 3.69. The second-order valence-electron chi connectivity index (χ2n) is 6.46. The van der Waals surface area contributed by atoms with E-state index >= 15 is 0 Å². The second-order valence-corrected chi connectivity index (χ2v) is 6.46. The zero-order valence-electron chi connectivity index (χ0n) is 13.2. The van der Waals surface area contributed by atoms with Gasteiger partial charge in [-0.15, -0.1) is 0 Å². The number of aromatic nitrogens is 2. The van der Waals surface area contributed by atoms with Gasteiger partial charge in [0.15, 0.2) is 0 Å². The van der Waals surface area contributed by atoms with Crippen molar-refractivity contribution >= 4 is 5.82 Å². The Hall–Kier alpha value is -1.92. The molecule has 0 bridgehead atoms. The molecular formula is C17H22N4O2. The topological polar surface area (TPSA) is 54.6 Å². The molecule has 1 spiro atoms. The third-order valence-corrected chi connectivity index (χ3v) is 4.73. The first kappa shape index (κ1) is 14.7. The molecule has 0 radical (unpaired) electrons. The van der Waals surface area contributed by atoms with Crippen LogP contribution in [0.5, 0.6) is 0 Å². The highest BCUT2D eigenvalue weighted by atomic mass is 16.5. The van der Waals surface area contributed by atoms with Gasteiger partial charge in [0.1, 0.15) is 5.82 Å². The Morgan fingerprint density at radius 2 is 2.22 bits per heavy atom. The lowest BCUT2D eigenvalue weighted by Gasteiger charge is -2.48. The number of furan rings is 1. The number of morpholine rings is 1. The number of ether oxygens (including phenoxy) is 1. The van der Waals surface area contributed by atoms with Crippen LogP contribution in [0.15, 0.2) is 41.6 Å². The number of piperidine rings is 1. The lowest BCUT2D eigenvalue weighted by molar-refractivity contribution is -0.116. The Labute approximate surface area is 136 Å². The van der Waals surface area contributed by atoms with Gasteiger partial charge in [-0.2, -0.15) is 0 Å². The predicted molar refractivity (Wildman–Crippen MR) is 86.1 cm³/mol. The monoisotopic (exact) mass is 314 g/mol. The molecule has 4 rings (SSSR count). The number of rotatable bonds is 3. The van der Waals surface area contributed by atoms with Crippen molar-refractivity contribution in [1.29, 1.82) is 0 Å². The predicted octanol–water partition coefficient (Wildman–Crippen LogP) is 1.94. The molecule has 2 aromatic rings. The molecule has 1 atom stereocenters. The Morgan fingerprint density at radius 1 is 1.22 bits per heavy atom. The summed E-state index contributed by atoms with van der Waals surface area (Å²) in [7, 11) is 0. The van der Waals surface area contributed by atoms with Gasteiger partial charge in [0, 0.05) is 50.7 Å². The van der Waals surface area contributed by atoms with Crippen molar-refractivity contribution in [3.8, 4) is 0 Å². The summed E-state index contributed by atoms with van der Waals surface area (Å²) in [4.78, 5) is 13.4. The summed E-state index contributed by atoms with van der Waals surface area (Å²) in [5.74, 6) is 0.946. The Balaban J connectivity index is 1.46. The van der Waals surface area contributed by atoms with E-state index in [1.165, 1.54) is 5.56 Å². The summed E-state index contributed by atoms with van der Waals surface area (Å²) in [6.07, 6.45) is 11.1. The fourth-order valence-electron chi connectivity index (χ4n) is 3.69. The molecule has 0 unspecified atom stereocenters. The Kier molecular flexibility index (Phi) is 4.01. The first-order valence-electron chi connectivity index (χ1n) is 8.21. The largest absolute Gasteiger partial charge is 0.472 e. The third kappa shape index (κ3) is 3.23. The van der Waals surface area contributed by atoms with Crippen molar-refractivity contribution in [2.75, 3.05) is 37.7 Å². The maximum absolute atomic E-state index is 6.25. The van der Waals surface area contributed by atoms with Crippen molar-refractivity contribution in [1.82, 2.24) is 14.9 Å². The smallest absolute Gasteiger partial charge is 0.147 e. The van der Waals surface area contributed by atoms with Crippen molar-refractivity contribution < 1.29 is 9.15 Å². The molecule has 0 aromatic carbocycles. The van der Waals surface area contributed by atoms with Gasteiger partial charge in [-0.25, -0.2) is 4.98 Å². The SMILES string of the molecule is c1cnc(N2CCC[C@@]3(CN(Cc4ccoc4)CCO3)C2)cn1. The minimum atomic E-state index is -0.0994. The molecule has 23 heavy (non-hydrogen) atoms. The highest BCUT2D eigenvalue weighted by Gasteiger charge is 2.40. The number of nitrogens with zero attached hydrogens (tertiary/aromatic N) is 4. The minimum Gasteiger partial charge on any atom is -0.472 e. The zero-order valence-corrected chi connectivity index (χ0v) is 13.2. The quantitative estimate of drug-likeness (QED) is 0.863. The number of hydrogen-bond acceptors (Lipinski definition) is 6. The van der Waals surface area contributed by atoms with E-state index in [2.05, 4.69) is 19.8 Å². The van der Waals surface area contributed by atoms with Crippen molar-refractivity contribution in [2.45, 2.75) is 25.0 Å². The second kappa shape index (κ2) is 6.29. The average Bonchev–Trinajstić information content (AvgIpc) is 3.09. The highest BCUT2D eigenvalue weighted by molar-refractivity contribution is 5.36. The van der Waals surface area contributed by atoms with Crippen LogP contribution in [-0.2, 0) is 11.3 Å². The van der Waals surface area contributed by atoms with E-state index < -0.39 is 0 Å². The van der Waals surface area contributed by atoms with Crippen molar-refractivity contribution in [2.24, 2.45) is 0 Å². The normalized spacial score (nSPS) is 25.8. The van der Waals surface area contributed by atoms with Gasteiger partial charge >= 0.3 is 0 Å². The molecule has 2 aliphatic rings. The zero-order chi connectivity index (χ0) is 15.5. The van der Waals surface area contributed by atoms with Gasteiger partial charge in [0.2, 0.25) is 0 Å². The van der Waals surface area contributed by atoms with Crippen LogP contribution in [0.2, 0.25) is 0 Å². The van der Waals surface area contributed by atoms with Gasteiger partial charge in [-0.1, -0.05) is 0 Å². The molecule has 2 saturated heterocycles. The molecular weight excluding hydrogens is 292 g/mol. The van der Waals surface area contributed by atoms with Crippen LogP contribution in [0.25, 0.3) is 0 Å². The van der Waals surface area contributed by atoms with E-state index in [4.69, 9.17) is 9.15 Å². The van der Waals surface area contributed by atoms with Gasteiger partial charge in [0.25, 0.3) is 0 Å². The van der Waals surface area contributed by atoms with Gasteiger partial charge in [-0.05, 0) is 18.9 Å². The van der Waals surface area contributed by atoms with Crippen LogP contribution in [0.4, 0.5) is 5.82 Å². The lowest BCUT2D eigenvalue weighted by atomic mass is 9.90. The van der Waals surface area contributed by atoms with E-state index in [1.807, 2.05) is 18.5 Å². The van der Waals surface area contributed by atoms with Crippen LogP contribution >= 0.6 is 0 Å². The lowest BCUT2D eigenvalue weighted by Crippen LogP contribution is -2.59. The fraction of sp³-hybridized carbons (Fsp3) is 0.529. The van der Waals surface area contributed by atoms with Gasteiger partial charge in [0.05, 0.1) is 30.9 Å². The molecule has 0 saturated carbocycles. The van der Waals surface area contributed by atoms with Crippen molar-refractivity contribution in [3.63, 3.8) is 0 Å². The number of anilines is 1. The van der Waals surface area contributed by atoms with Crippen LogP contribution in [0.3, 0.4) is 0 Å². The first-order valence-corrected chi connectivity index (χ1v) is 8.21. The number of hydrogen-bond donors (Lipinski definition) is 0. The van der Waals surface area contributed by atoms with Crippen LogP contribution < -0.4 is 4.90 Å². The minimum absolute atomic E-state index is 0.0994. The van der Waals surface area contributed by atoms with Gasteiger partial charge in [-0.3, -0.25) is 9.88 Å². The Bertz CT molecular complexity index is 615. The molecule has 2 fully saturated rings. The molecule has 0 amide bonds. The third-order valence-electron chi connectivity index (χ3n) is 4.73. The first-order chi connectivity index (χ1) is 11.3.